The Hall–Kier alpha value is -3.02. The topological polar surface area (TPSA) is 76.1 Å². The molecule has 0 aromatic heterocycles. The summed E-state index contributed by atoms with van der Waals surface area (Å²) < 4.78 is 10.8. The van der Waals surface area contributed by atoms with Gasteiger partial charge in [-0.15, -0.1) is 0 Å². The number of carbonyl (C=O) groups is 2. The predicted molar refractivity (Wildman–Crippen MR) is 82.9 cm³/mol. The molecule has 23 heavy (non-hydrogen) atoms. The fourth-order valence-corrected chi connectivity index (χ4v) is 2.34. The summed E-state index contributed by atoms with van der Waals surface area (Å²) in [4.78, 5) is 24.8. The summed E-state index contributed by atoms with van der Waals surface area (Å²) in [5, 5.41) is 9.09. The summed E-state index contributed by atoms with van der Waals surface area (Å²) >= 11 is 0. The van der Waals surface area contributed by atoms with Gasteiger partial charge in [-0.3, -0.25) is 4.90 Å². The van der Waals surface area contributed by atoms with E-state index in [1.54, 1.807) is 6.07 Å². The first-order valence-corrected chi connectivity index (χ1v) is 7.13. The fraction of sp³-hybridized carbons (Fsp3) is 0.176. The number of benzene rings is 2. The van der Waals surface area contributed by atoms with Gasteiger partial charge in [0.25, 0.3) is 0 Å². The molecule has 2 aromatic rings. The predicted octanol–water partition coefficient (Wildman–Crippen LogP) is 2.92. The molecular weight excluding hydrogens is 298 g/mol. The number of carboxylic acid groups (broad SMARTS) is 1. The van der Waals surface area contributed by atoms with E-state index in [2.05, 4.69) is 0 Å². The fourth-order valence-electron chi connectivity index (χ4n) is 2.34. The molecule has 1 N–H and O–H groups in total. The van der Waals surface area contributed by atoms with E-state index in [-0.39, 0.29) is 12.2 Å². The zero-order chi connectivity index (χ0) is 16.2. The smallest absolute Gasteiger partial charge is 0.414 e. The third-order valence-corrected chi connectivity index (χ3v) is 3.49. The van der Waals surface area contributed by atoms with Crippen LogP contribution in [0.4, 0.5) is 10.5 Å². The first kappa shape index (κ1) is 14.9. The standard InChI is InChI=1S/C17H15NO5/c19-16(20)13-6-7-15-14(10-13)18(8-9-22-15)17(21)23-11-12-4-2-1-3-5-12/h1-7,10H,8-9,11H2,(H,19,20). The van der Waals surface area contributed by atoms with E-state index < -0.39 is 12.1 Å². The number of hydrogen-bond acceptors (Lipinski definition) is 4. The molecule has 0 unspecified atom stereocenters. The molecule has 118 valence electrons. The van der Waals surface area contributed by atoms with Crippen molar-refractivity contribution in [1.82, 2.24) is 0 Å². The maximum absolute atomic E-state index is 12.3. The Balaban J connectivity index is 1.77. The van der Waals surface area contributed by atoms with E-state index in [4.69, 9.17) is 14.6 Å². The van der Waals surface area contributed by atoms with Gasteiger partial charge in [-0.1, -0.05) is 30.3 Å². The van der Waals surface area contributed by atoms with Crippen LogP contribution in [0.25, 0.3) is 0 Å². The van der Waals surface area contributed by atoms with Crippen molar-refractivity contribution in [3.05, 3.63) is 59.7 Å². The second-order valence-corrected chi connectivity index (χ2v) is 5.03. The van der Waals surface area contributed by atoms with Crippen LogP contribution in [0.15, 0.2) is 48.5 Å². The molecule has 1 aliphatic heterocycles. The van der Waals surface area contributed by atoms with Crippen LogP contribution in [0.2, 0.25) is 0 Å². The molecule has 3 rings (SSSR count). The Bertz CT molecular complexity index is 729. The lowest BCUT2D eigenvalue weighted by molar-refractivity contribution is 0.0696. The highest BCUT2D eigenvalue weighted by molar-refractivity contribution is 5.94. The maximum atomic E-state index is 12.3. The van der Waals surface area contributed by atoms with Crippen LogP contribution in [0, 0.1) is 0 Å². The van der Waals surface area contributed by atoms with Gasteiger partial charge in [0.15, 0.2) is 0 Å². The summed E-state index contributed by atoms with van der Waals surface area (Å²) in [6.07, 6.45) is -0.527. The Morgan fingerprint density at radius 2 is 1.96 bits per heavy atom. The van der Waals surface area contributed by atoms with Gasteiger partial charge < -0.3 is 14.6 Å². The lowest BCUT2D eigenvalue weighted by Gasteiger charge is -2.29. The van der Waals surface area contributed by atoms with Crippen LogP contribution in [0.1, 0.15) is 15.9 Å². The molecule has 0 bridgehead atoms. The minimum Gasteiger partial charge on any atom is -0.490 e. The Kier molecular flexibility index (Phi) is 4.14. The molecule has 0 aliphatic carbocycles. The lowest BCUT2D eigenvalue weighted by atomic mass is 10.1. The van der Waals surface area contributed by atoms with Crippen molar-refractivity contribution in [3.8, 4) is 5.75 Å². The molecule has 0 spiro atoms. The summed E-state index contributed by atoms with van der Waals surface area (Å²) in [5.74, 6) is -0.589. The van der Waals surface area contributed by atoms with Crippen molar-refractivity contribution in [1.29, 1.82) is 0 Å². The number of rotatable bonds is 3. The Labute approximate surface area is 132 Å². The molecule has 1 heterocycles. The van der Waals surface area contributed by atoms with Gasteiger partial charge in [0.1, 0.15) is 19.0 Å². The number of anilines is 1. The molecule has 0 atom stereocenters. The zero-order valence-corrected chi connectivity index (χ0v) is 12.3. The second-order valence-electron chi connectivity index (χ2n) is 5.03. The maximum Gasteiger partial charge on any atom is 0.414 e. The average Bonchev–Trinajstić information content (AvgIpc) is 2.59. The van der Waals surface area contributed by atoms with Crippen molar-refractivity contribution in [2.75, 3.05) is 18.1 Å². The van der Waals surface area contributed by atoms with E-state index in [0.29, 0.717) is 24.6 Å². The van der Waals surface area contributed by atoms with Crippen LogP contribution in [0.3, 0.4) is 0 Å². The van der Waals surface area contributed by atoms with Crippen molar-refractivity contribution in [3.63, 3.8) is 0 Å². The van der Waals surface area contributed by atoms with E-state index in [1.165, 1.54) is 17.0 Å². The van der Waals surface area contributed by atoms with E-state index >= 15 is 0 Å². The number of amides is 1. The molecule has 0 fully saturated rings. The molecule has 0 radical (unpaired) electrons. The Morgan fingerprint density at radius 1 is 1.17 bits per heavy atom. The first-order valence-electron chi connectivity index (χ1n) is 7.13. The third-order valence-electron chi connectivity index (χ3n) is 3.49. The molecule has 1 amide bonds. The highest BCUT2D eigenvalue weighted by Gasteiger charge is 2.26. The highest BCUT2D eigenvalue weighted by Crippen LogP contribution is 2.33. The molecule has 0 saturated carbocycles. The minimum atomic E-state index is -1.06. The first-order chi connectivity index (χ1) is 11.1. The van der Waals surface area contributed by atoms with Crippen molar-refractivity contribution in [2.24, 2.45) is 0 Å². The lowest BCUT2D eigenvalue weighted by Crippen LogP contribution is -2.38. The van der Waals surface area contributed by atoms with Gasteiger partial charge in [-0.05, 0) is 23.8 Å². The summed E-state index contributed by atoms with van der Waals surface area (Å²) in [6, 6.07) is 13.8. The number of ether oxygens (including phenoxy) is 2. The van der Waals surface area contributed by atoms with Gasteiger partial charge in [-0.2, -0.15) is 0 Å². The monoisotopic (exact) mass is 313 g/mol. The highest BCUT2D eigenvalue weighted by atomic mass is 16.6. The van der Waals surface area contributed by atoms with Crippen molar-refractivity contribution >= 4 is 17.7 Å². The SMILES string of the molecule is O=C(O)c1ccc2c(c1)N(C(=O)OCc1ccccc1)CCO2. The average molecular weight is 313 g/mol. The van der Waals surface area contributed by atoms with Gasteiger partial charge in [0, 0.05) is 0 Å². The molecule has 2 aromatic carbocycles. The molecule has 0 saturated heterocycles. The third kappa shape index (κ3) is 3.26. The number of carbonyl (C=O) groups excluding carboxylic acids is 1. The van der Waals surface area contributed by atoms with Crippen LogP contribution in [0.5, 0.6) is 5.75 Å². The van der Waals surface area contributed by atoms with E-state index in [1.807, 2.05) is 30.3 Å². The van der Waals surface area contributed by atoms with Crippen LogP contribution in [-0.4, -0.2) is 30.3 Å². The zero-order valence-electron chi connectivity index (χ0n) is 12.3. The van der Waals surface area contributed by atoms with Crippen LogP contribution < -0.4 is 9.64 Å². The van der Waals surface area contributed by atoms with Gasteiger partial charge in [-0.25, -0.2) is 9.59 Å². The largest absolute Gasteiger partial charge is 0.490 e. The van der Waals surface area contributed by atoms with Gasteiger partial charge in [0.2, 0.25) is 0 Å². The summed E-state index contributed by atoms with van der Waals surface area (Å²) in [7, 11) is 0. The number of carboxylic acids is 1. The summed E-state index contributed by atoms with van der Waals surface area (Å²) in [5.41, 5.74) is 1.39. The molecular formula is C17H15NO5. The number of aromatic carboxylic acids is 1. The number of fused-ring (bicyclic) bond motifs is 1. The molecule has 6 heteroatoms. The second kappa shape index (κ2) is 6.39. The van der Waals surface area contributed by atoms with Crippen LogP contribution >= 0.6 is 0 Å². The Morgan fingerprint density at radius 3 is 2.70 bits per heavy atom. The van der Waals surface area contributed by atoms with Gasteiger partial charge >= 0.3 is 12.1 Å². The molecule has 6 nitrogen and oxygen atoms in total. The van der Waals surface area contributed by atoms with E-state index in [9.17, 15) is 9.59 Å². The number of hydrogen-bond donors (Lipinski definition) is 1. The van der Waals surface area contributed by atoms with Crippen molar-refractivity contribution in [2.45, 2.75) is 6.61 Å². The molecule has 1 aliphatic rings. The normalized spacial score (nSPS) is 13.0. The summed E-state index contributed by atoms with van der Waals surface area (Å²) in [6.45, 7) is 0.800. The number of nitrogens with zero attached hydrogens (tertiary/aromatic N) is 1. The van der Waals surface area contributed by atoms with E-state index in [0.717, 1.165) is 5.56 Å². The van der Waals surface area contributed by atoms with Gasteiger partial charge in [0.05, 0.1) is 17.8 Å². The van der Waals surface area contributed by atoms with Crippen molar-refractivity contribution < 1.29 is 24.2 Å². The van der Waals surface area contributed by atoms with Crippen LogP contribution in [-0.2, 0) is 11.3 Å². The quantitative estimate of drug-likeness (QED) is 0.943. The minimum absolute atomic E-state index is 0.0927.